The fraction of sp³-hybridized carbons (Fsp3) is 0.455. The lowest BCUT2D eigenvalue weighted by molar-refractivity contribution is -0.387. The molecule has 0 heterocycles. The molecule has 0 aliphatic heterocycles. The van der Waals surface area contributed by atoms with E-state index in [1.165, 1.54) is 6.07 Å². The molecule has 16 heavy (non-hydrogen) atoms. The van der Waals surface area contributed by atoms with Crippen molar-refractivity contribution in [2.24, 2.45) is 11.1 Å². The van der Waals surface area contributed by atoms with E-state index < -0.39 is 16.4 Å². The van der Waals surface area contributed by atoms with E-state index in [0.717, 1.165) is 12.1 Å². The normalized spacial score (nSPS) is 13.6. The molecule has 0 saturated heterocycles. The molecule has 0 bridgehead atoms. The second-order valence-corrected chi connectivity index (χ2v) is 4.81. The molecule has 1 unspecified atom stereocenters. The van der Waals surface area contributed by atoms with Crippen molar-refractivity contribution in [3.63, 3.8) is 0 Å². The predicted molar refractivity (Wildman–Crippen MR) is 59.4 cm³/mol. The topological polar surface area (TPSA) is 69.2 Å². The first kappa shape index (κ1) is 12.6. The van der Waals surface area contributed by atoms with Crippen LogP contribution in [0.25, 0.3) is 0 Å². The van der Waals surface area contributed by atoms with Crippen molar-refractivity contribution in [1.29, 1.82) is 0 Å². The second kappa shape index (κ2) is 4.17. The average molecular weight is 226 g/mol. The quantitative estimate of drug-likeness (QED) is 0.622. The molecule has 5 heteroatoms. The second-order valence-electron chi connectivity index (χ2n) is 4.81. The molecule has 0 spiro atoms. The highest BCUT2D eigenvalue weighted by molar-refractivity contribution is 5.36. The first-order chi connectivity index (χ1) is 7.23. The Morgan fingerprint density at radius 3 is 2.38 bits per heavy atom. The van der Waals surface area contributed by atoms with Crippen LogP contribution in [-0.2, 0) is 0 Å². The van der Waals surface area contributed by atoms with Crippen molar-refractivity contribution in [3.05, 3.63) is 39.7 Å². The fourth-order valence-electron chi connectivity index (χ4n) is 1.36. The SMILES string of the molecule is CC(C)(C)C(N)c1ccc([N+](=O)[O-])c(F)c1. The summed E-state index contributed by atoms with van der Waals surface area (Å²) < 4.78 is 13.4. The predicted octanol–water partition coefficient (Wildman–Crippen LogP) is 2.78. The van der Waals surface area contributed by atoms with Crippen LogP contribution in [0.15, 0.2) is 18.2 Å². The standard InChI is InChI=1S/C11H15FN2O2/c1-11(2,3)10(13)7-4-5-9(14(15)16)8(12)6-7/h4-6,10H,13H2,1-3H3. The van der Waals surface area contributed by atoms with Gasteiger partial charge in [0.2, 0.25) is 5.82 Å². The van der Waals surface area contributed by atoms with Gasteiger partial charge in [-0.15, -0.1) is 0 Å². The Kier molecular flexibility index (Phi) is 3.28. The third kappa shape index (κ3) is 2.55. The van der Waals surface area contributed by atoms with E-state index in [0.29, 0.717) is 5.56 Å². The van der Waals surface area contributed by atoms with Crippen molar-refractivity contribution in [2.45, 2.75) is 26.8 Å². The summed E-state index contributed by atoms with van der Waals surface area (Å²) in [7, 11) is 0. The molecule has 1 atom stereocenters. The fourth-order valence-corrected chi connectivity index (χ4v) is 1.36. The molecule has 1 aromatic carbocycles. The highest BCUT2D eigenvalue weighted by Gasteiger charge is 2.24. The van der Waals surface area contributed by atoms with Crippen LogP contribution in [0, 0.1) is 21.3 Å². The Hall–Kier alpha value is -1.49. The minimum atomic E-state index is -0.845. The van der Waals surface area contributed by atoms with Crippen LogP contribution in [0.5, 0.6) is 0 Å². The molecule has 0 saturated carbocycles. The van der Waals surface area contributed by atoms with Crippen LogP contribution < -0.4 is 5.73 Å². The maximum absolute atomic E-state index is 13.4. The van der Waals surface area contributed by atoms with Crippen LogP contribution in [0.4, 0.5) is 10.1 Å². The molecule has 0 aliphatic rings. The van der Waals surface area contributed by atoms with Crippen molar-refractivity contribution in [2.75, 3.05) is 0 Å². The summed E-state index contributed by atoms with van der Waals surface area (Å²) in [5.74, 6) is -0.845. The van der Waals surface area contributed by atoms with Gasteiger partial charge in [0.15, 0.2) is 0 Å². The van der Waals surface area contributed by atoms with Crippen molar-refractivity contribution in [3.8, 4) is 0 Å². The van der Waals surface area contributed by atoms with Gasteiger partial charge in [-0.2, -0.15) is 4.39 Å². The number of nitro benzene ring substituents is 1. The van der Waals surface area contributed by atoms with E-state index in [9.17, 15) is 14.5 Å². The number of nitro groups is 1. The number of benzene rings is 1. The van der Waals surface area contributed by atoms with Crippen LogP contribution in [-0.4, -0.2) is 4.92 Å². The van der Waals surface area contributed by atoms with Gasteiger partial charge in [-0.1, -0.05) is 26.8 Å². The molecule has 88 valence electrons. The number of halogens is 1. The Morgan fingerprint density at radius 2 is 2.00 bits per heavy atom. The lowest BCUT2D eigenvalue weighted by Crippen LogP contribution is -2.26. The molecule has 0 aliphatic carbocycles. The maximum Gasteiger partial charge on any atom is 0.304 e. The lowest BCUT2D eigenvalue weighted by Gasteiger charge is -2.27. The van der Waals surface area contributed by atoms with Crippen molar-refractivity contribution in [1.82, 2.24) is 0 Å². The summed E-state index contributed by atoms with van der Waals surface area (Å²) in [5.41, 5.74) is 5.75. The number of nitrogens with zero attached hydrogens (tertiary/aromatic N) is 1. The van der Waals surface area contributed by atoms with E-state index in [1.54, 1.807) is 0 Å². The van der Waals surface area contributed by atoms with E-state index >= 15 is 0 Å². The summed E-state index contributed by atoms with van der Waals surface area (Å²) in [6.07, 6.45) is 0. The van der Waals surface area contributed by atoms with Crippen molar-refractivity contribution < 1.29 is 9.31 Å². The Morgan fingerprint density at radius 1 is 1.44 bits per heavy atom. The van der Waals surface area contributed by atoms with Crippen molar-refractivity contribution >= 4 is 5.69 Å². The smallest absolute Gasteiger partial charge is 0.304 e. The molecule has 0 radical (unpaired) electrons. The molecule has 0 fully saturated rings. The van der Waals surface area contributed by atoms with Crippen LogP contribution in [0.3, 0.4) is 0 Å². The summed E-state index contributed by atoms with van der Waals surface area (Å²) in [6, 6.07) is 3.42. The van der Waals surface area contributed by atoms with E-state index in [1.807, 2.05) is 20.8 Å². The van der Waals surface area contributed by atoms with Crippen LogP contribution in [0.2, 0.25) is 0 Å². The zero-order valence-electron chi connectivity index (χ0n) is 9.53. The summed E-state index contributed by atoms with van der Waals surface area (Å²) in [5, 5.41) is 10.4. The first-order valence-electron chi connectivity index (χ1n) is 4.93. The maximum atomic E-state index is 13.4. The van der Waals surface area contributed by atoms with Gasteiger partial charge in [-0.25, -0.2) is 0 Å². The Bertz CT molecular complexity index is 413. The molecule has 2 N–H and O–H groups in total. The summed E-state index contributed by atoms with van der Waals surface area (Å²) >= 11 is 0. The van der Waals surface area contributed by atoms with Gasteiger partial charge in [-0.05, 0) is 17.0 Å². The highest BCUT2D eigenvalue weighted by atomic mass is 19.1. The first-order valence-corrected chi connectivity index (χ1v) is 4.93. The number of nitrogens with two attached hydrogens (primary N) is 1. The zero-order chi connectivity index (χ0) is 12.5. The largest absolute Gasteiger partial charge is 0.324 e. The van der Waals surface area contributed by atoms with E-state index in [4.69, 9.17) is 5.73 Å². The van der Waals surface area contributed by atoms with Gasteiger partial charge in [0.1, 0.15) is 0 Å². The number of rotatable bonds is 2. The summed E-state index contributed by atoms with van der Waals surface area (Å²) in [6.45, 7) is 5.78. The van der Waals surface area contributed by atoms with E-state index in [-0.39, 0.29) is 11.5 Å². The minimum absolute atomic E-state index is 0.220. The average Bonchev–Trinajstić information content (AvgIpc) is 2.14. The Balaban J connectivity index is 3.11. The van der Waals surface area contributed by atoms with Gasteiger partial charge in [0, 0.05) is 12.1 Å². The third-order valence-corrected chi connectivity index (χ3v) is 2.46. The third-order valence-electron chi connectivity index (χ3n) is 2.46. The minimum Gasteiger partial charge on any atom is -0.324 e. The molecular formula is C11H15FN2O2. The molecule has 4 nitrogen and oxygen atoms in total. The number of hydrogen-bond donors (Lipinski definition) is 1. The molecule has 1 aromatic rings. The van der Waals surface area contributed by atoms with Gasteiger partial charge in [0.05, 0.1) is 4.92 Å². The van der Waals surface area contributed by atoms with Crippen LogP contribution >= 0.6 is 0 Å². The van der Waals surface area contributed by atoms with Gasteiger partial charge < -0.3 is 5.73 Å². The van der Waals surface area contributed by atoms with Gasteiger partial charge in [-0.3, -0.25) is 10.1 Å². The number of hydrogen-bond acceptors (Lipinski definition) is 3. The molecule has 0 aromatic heterocycles. The molecular weight excluding hydrogens is 211 g/mol. The van der Waals surface area contributed by atoms with Gasteiger partial charge >= 0.3 is 5.69 Å². The monoisotopic (exact) mass is 226 g/mol. The summed E-state index contributed by atoms with van der Waals surface area (Å²) in [4.78, 5) is 9.69. The molecule has 1 rings (SSSR count). The molecule has 0 amide bonds. The van der Waals surface area contributed by atoms with Gasteiger partial charge in [0.25, 0.3) is 0 Å². The Labute approximate surface area is 93.4 Å². The highest BCUT2D eigenvalue weighted by Crippen LogP contribution is 2.32. The van der Waals surface area contributed by atoms with E-state index in [2.05, 4.69) is 0 Å². The lowest BCUT2D eigenvalue weighted by atomic mass is 9.83. The zero-order valence-corrected chi connectivity index (χ0v) is 9.53. The van der Waals surface area contributed by atoms with Crippen LogP contribution in [0.1, 0.15) is 32.4 Å².